The normalized spacial score (nSPS) is 15.9. The molecule has 586 valence electrons. The number of nitrogens with two attached hydrogens (primary N) is 1. The van der Waals surface area contributed by atoms with Crippen molar-refractivity contribution in [2.45, 2.75) is 153 Å². The molecule has 35 heteroatoms. The average Bonchev–Trinajstić information content (AvgIpc) is 1.62. The summed E-state index contributed by atoms with van der Waals surface area (Å²) in [5.41, 5.74) is 8.86. The van der Waals surface area contributed by atoms with Crippen LogP contribution in [0.1, 0.15) is 105 Å². The van der Waals surface area contributed by atoms with Crippen LogP contribution in [-0.4, -0.2) is 118 Å². The molecule has 0 bridgehead atoms. The van der Waals surface area contributed by atoms with Crippen molar-refractivity contribution < 1.29 is 62.2 Å². The van der Waals surface area contributed by atoms with Crippen LogP contribution in [0.25, 0.3) is 34.2 Å². The van der Waals surface area contributed by atoms with Crippen molar-refractivity contribution in [3.05, 3.63) is 223 Å². The molecule has 5 heterocycles. The van der Waals surface area contributed by atoms with Gasteiger partial charge in [-0.15, -0.1) is 0 Å². The molecule has 111 heavy (non-hydrogen) atoms. The maximum Gasteiger partial charge on any atom is 0.494 e. The molecule has 1 aliphatic heterocycles. The van der Waals surface area contributed by atoms with E-state index < -0.39 is 49.5 Å². The zero-order valence-corrected chi connectivity index (χ0v) is 68.3. The molecule has 6 saturated carbocycles. The number of nitro benzene ring substituents is 4. The predicted octanol–water partition coefficient (Wildman–Crippen LogP) is 17.3. The summed E-state index contributed by atoms with van der Waals surface area (Å²) in [7, 11) is 7.22. The van der Waals surface area contributed by atoms with Crippen LogP contribution in [0, 0.1) is 46.3 Å². The summed E-state index contributed by atoms with van der Waals surface area (Å²) >= 11 is 13.0. The molecule has 0 spiro atoms. The first-order chi connectivity index (χ1) is 52.8. The Bertz CT molecular complexity index is 4770. The molecule has 17 rings (SSSR count). The Morgan fingerprint density at radius 3 is 1.15 bits per heavy atom. The fourth-order valence-electron chi connectivity index (χ4n) is 9.85. The van der Waals surface area contributed by atoms with Gasteiger partial charge in [0.15, 0.2) is 22.0 Å². The Morgan fingerprint density at radius 1 is 0.450 bits per heavy atom. The first-order valence-electron chi connectivity index (χ1n) is 35.5. The summed E-state index contributed by atoms with van der Waals surface area (Å²) in [5.74, 6) is 4.46. The van der Waals surface area contributed by atoms with Gasteiger partial charge in [-0.05, 0) is 215 Å². The molecule has 7 aliphatic rings. The molecule has 6 aromatic carbocycles. The number of hydrogen-bond donors (Lipinski definition) is 2. The summed E-state index contributed by atoms with van der Waals surface area (Å²) in [4.78, 5) is 57.6. The number of aromatic nitrogens is 8. The second kappa shape index (κ2) is 37.6. The van der Waals surface area contributed by atoms with Gasteiger partial charge in [0.1, 0.15) is 29.0 Å². The number of imidazole rings is 4. The number of aliphatic hydroxyl groups excluding tert-OH is 1. The summed E-state index contributed by atoms with van der Waals surface area (Å²) in [6.45, 7) is 7.89. The molecule has 6 aliphatic carbocycles. The van der Waals surface area contributed by atoms with Crippen LogP contribution < -0.4 is 34.9 Å². The van der Waals surface area contributed by atoms with Crippen LogP contribution in [0.4, 0.5) is 32.8 Å². The highest BCUT2D eigenvalue weighted by molar-refractivity contribution is 9.11. The van der Waals surface area contributed by atoms with Gasteiger partial charge in [-0.2, -0.15) is 4.39 Å². The molecular weight excluding hydrogens is 1700 g/mol. The lowest BCUT2D eigenvalue weighted by atomic mass is 9.79. The molecular formula is C76H83BBr4FN13O16. The van der Waals surface area contributed by atoms with Crippen molar-refractivity contribution in [2.24, 2.45) is 28.2 Å². The molecule has 7 fully saturated rings. The first kappa shape index (κ1) is 83.8. The minimum Gasteiger partial charge on any atom is -0.489 e. The van der Waals surface area contributed by atoms with Crippen LogP contribution >= 0.6 is 63.7 Å². The van der Waals surface area contributed by atoms with E-state index >= 15 is 0 Å². The van der Waals surface area contributed by atoms with Gasteiger partial charge < -0.3 is 62.1 Å². The zero-order chi connectivity index (χ0) is 80.0. The number of aryl methyl sites for hydroxylation is 4. The third-order valence-electron chi connectivity index (χ3n) is 17.7. The number of nitrogen functional groups attached to an aromatic ring is 1. The van der Waals surface area contributed by atoms with Gasteiger partial charge in [-0.25, -0.2) is 19.9 Å². The van der Waals surface area contributed by atoms with Crippen LogP contribution in [0.2, 0.25) is 0 Å². The van der Waals surface area contributed by atoms with Crippen molar-refractivity contribution in [1.29, 1.82) is 0 Å². The molecule has 0 unspecified atom stereocenters. The van der Waals surface area contributed by atoms with Gasteiger partial charge in [-0.1, -0.05) is 37.9 Å². The van der Waals surface area contributed by atoms with Crippen molar-refractivity contribution in [3.63, 3.8) is 0 Å². The minimum atomic E-state index is -0.829. The van der Waals surface area contributed by atoms with Gasteiger partial charge in [0, 0.05) is 134 Å². The number of rotatable bonds is 18. The highest BCUT2D eigenvalue weighted by Gasteiger charge is 2.52. The van der Waals surface area contributed by atoms with Crippen LogP contribution in [0.5, 0.6) is 28.7 Å². The molecule has 0 amide bonds. The lowest BCUT2D eigenvalue weighted by Gasteiger charge is -2.32. The Hall–Kier alpha value is -9.65. The number of halogens is 5. The smallest absolute Gasteiger partial charge is 0.489 e. The third-order valence-corrected chi connectivity index (χ3v) is 20.1. The highest BCUT2D eigenvalue weighted by Crippen LogP contribution is 2.42. The zero-order valence-electron chi connectivity index (χ0n) is 61.9. The lowest BCUT2D eigenvalue weighted by Crippen LogP contribution is -2.41. The summed E-state index contributed by atoms with van der Waals surface area (Å²) in [6, 6.07) is 29.9. The van der Waals surface area contributed by atoms with E-state index in [0.717, 1.165) is 141 Å². The Labute approximate surface area is 673 Å². The third kappa shape index (κ3) is 24.9. The van der Waals surface area contributed by atoms with E-state index in [1.54, 1.807) is 61.2 Å². The van der Waals surface area contributed by atoms with Crippen molar-refractivity contribution in [1.82, 2.24) is 38.2 Å². The number of ether oxygens (including phenoxy) is 5. The standard InChI is InChI=1S/C15H20BNO5.C13H13BrN2O.C13H13N3O3.C13H15N3O.C9H8BrNO3.C6H3BrFNO2.C4H5BrN2.C3H6O/c1-14(2)15(3,4)22-16(21-14)10-5-8-12(17(18)19)13(9-10)20-11-6-7-11;1-16-7-6-15-13(16)9-2-5-11(14)12(8-9)17-10-3-4-10;1-15-7-6-14-13(15)9-2-5-11(16(17)18)12(8-9)19-10-3-4-10;1-16-7-6-15-13(16)9-2-5-11(14)12(8-9)17-10-3-4-10;10-6-1-4-8(11(12)13)9(5-6)14-7-2-3-7;7-4-1-2-6(9(10)11)5(8)3-4;1-7-3-2-6-4(7)5;4-3-1-2-3/h5,8-9,11H,6-7H2,1-4H3;2,5-8,10H,3-4H2,1H3;2,5-8,10H,3-4H2,1H3;2,5-8,10H,3-4,14H2,1H3;1,4-5,7H,2-3H2;1-3H;2-3H,1H3;3-4H,1-2H2. The number of benzene rings is 6. The van der Waals surface area contributed by atoms with Gasteiger partial charge in [-0.3, -0.25) is 40.5 Å². The number of nitro groups is 4. The van der Waals surface area contributed by atoms with Gasteiger partial charge in [0.05, 0.1) is 77.7 Å². The minimum absolute atomic E-state index is 0.00450. The molecule has 1 saturated heterocycles. The highest BCUT2D eigenvalue weighted by atomic mass is 79.9. The van der Waals surface area contributed by atoms with Gasteiger partial charge >= 0.3 is 29.9 Å². The van der Waals surface area contributed by atoms with Crippen LogP contribution in [0.3, 0.4) is 0 Å². The van der Waals surface area contributed by atoms with E-state index in [9.17, 15) is 44.8 Å². The molecule has 29 nitrogen and oxygen atoms in total. The summed E-state index contributed by atoms with van der Waals surface area (Å²) < 4.78 is 63.8. The van der Waals surface area contributed by atoms with E-state index in [1.165, 1.54) is 37.1 Å². The number of nitrogens with zero attached hydrogens (tertiary/aromatic N) is 12. The van der Waals surface area contributed by atoms with E-state index in [2.05, 4.69) is 83.7 Å². The van der Waals surface area contributed by atoms with E-state index in [0.29, 0.717) is 39.6 Å². The van der Waals surface area contributed by atoms with Crippen molar-refractivity contribution in [2.75, 3.05) is 5.73 Å². The molecule has 0 atom stereocenters. The molecule has 4 aromatic heterocycles. The Kier molecular flexibility index (Phi) is 28.4. The number of anilines is 1. The second-order valence-corrected chi connectivity index (χ2v) is 31.2. The molecule has 3 N–H and O–H groups in total. The maximum absolute atomic E-state index is 12.6. The fourth-order valence-corrected chi connectivity index (χ4v) is 11.1. The van der Waals surface area contributed by atoms with Crippen molar-refractivity contribution >= 4 is 105 Å². The first-order valence-corrected chi connectivity index (χ1v) is 38.7. The Morgan fingerprint density at radius 2 is 0.784 bits per heavy atom. The number of hydrogen-bond acceptors (Lipinski definition) is 21. The summed E-state index contributed by atoms with van der Waals surface area (Å²) in [6.07, 6.45) is 28.3. The molecule has 0 radical (unpaired) electrons. The lowest BCUT2D eigenvalue weighted by molar-refractivity contribution is -0.387. The van der Waals surface area contributed by atoms with Crippen molar-refractivity contribution in [3.8, 4) is 62.9 Å². The maximum atomic E-state index is 12.6. The van der Waals surface area contributed by atoms with Gasteiger partial charge in [0.25, 0.3) is 0 Å². The number of aliphatic hydroxyl groups is 1. The molecule has 10 aromatic rings. The van der Waals surface area contributed by atoms with Crippen LogP contribution in [0.15, 0.2) is 177 Å². The predicted molar refractivity (Wildman–Crippen MR) is 429 cm³/mol. The van der Waals surface area contributed by atoms with Crippen LogP contribution in [-0.2, 0) is 37.5 Å². The SMILES string of the molecule is CC1(C)OB(c2ccc([N+](=O)[O-])c(OC3CC3)c2)OC1(C)C.Cn1ccnc1-c1ccc(Br)c(OC2CC2)c1.Cn1ccnc1-c1ccc(N)c(OC2CC2)c1.Cn1ccnc1-c1ccc([N+](=O)[O-])c(OC2CC2)c1.Cn1ccnc1Br.O=[N+]([O-])c1ccc(Br)cc1F.O=[N+]([O-])c1ccc(Br)cc1OC1CC1.OC1CC1. The average molecular weight is 1780 g/mol. The Balaban J connectivity index is 0.000000139. The monoisotopic (exact) mass is 1780 g/mol. The fraction of sp³-hybridized carbons (Fsp3) is 0.368. The summed E-state index contributed by atoms with van der Waals surface area (Å²) in [5, 5.41) is 51.0. The second-order valence-electron chi connectivity index (χ2n) is 27.8. The van der Waals surface area contributed by atoms with Gasteiger partial charge in [0.2, 0.25) is 5.82 Å². The van der Waals surface area contributed by atoms with E-state index in [1.807, 2.05) is 135 Å². The quantitative estimate of drug-likeness (QED) is 0.0349. The largest absolute Gasteiger partial charge is 0.494 e. The van der Waals surface area contributed by atoms with E-state index in [-0.39, 0.29) is 41.5 Å². The topological polar surface area (TPSA) is 355 Å². The van der Waals surface area contributed by atoms with E-state index in [4.69, 9.17) is 43.8 Å².